The monoisotopic (exact) mass is 839 g/mol. The molecule has 1 atom stereocenters. The minimum absolute atomic E-state index is 0.0840. The second kappa shape index (κ2) is 48.8. The van der Waals surface area contributed by atoms with Crippen LogP contribution in [0, 0.1) is 0 Å². The van der Waals surface area contributed by atoms with Gasteiger partial charge in [0.2, 0.25) is 0 Å². The third-order valence-electron chi connectivity index (χ3n) is 10.8. The lowest BCUT2D eigenvalue weighted by molar-refractivity contribution is -0.167. The number of allylic oxidation sites excluding steroid dienone is 10. The molecule has 60 heavy (non-hydrogen) atoms. The molecule has 0 aliphatic heterocycles. The van der Waals surface area contributed by atoms with Crippen molar-refractivity contribution in [3.63, 3.8) is 0 Å². The highest BCUT2D eigenvalue weighted by Crippen LogP contribution is 2.14. The molecule has 0 amide bonds. The van der Waals surface area contributed by atoms with E-state index >= 15 is 0 Å². The lowest BCUT2D eigenvalue weighted by Crippen LogP contribution is -2.30. The fraction of sp³-hybridized carbons (Fsp3) is 0.759. The number of rotatable bonds is 45. The van der Waals surface area contributed by atoms with Gasteiger partial charge in [-0.1, -0.05) is 197 Å². The zero-order valence-electron chi connectivity index (χ0n) is 39.5. The Kier molecular flexibility index (Phi) is 46.4. The third-order valence-corrected chi connectivity index (χ3v) is 10.8. The molecule has 0 rings (SSSR count). The van der Waals surface area contributed by atoms with Crippen LogP contribution in [0.25, 0.3) is 0 Å². The van der Waals surface area contributed by atoms with Crippen LogP contribution in [0.15, 0.2) is 60.8 Å². The molecule has 0 aliphatic rings. The minimum atomic E-state index is -0.783. The summed E-state index contributed by atoms with van der Waals surface area (Å²) in [6, 6.07) is 0. The molecule has 0 aromatic heterocycles. The Morgan fingerprint density at radius 1 is 0.350 bits per heavy atom. The van der Waals surface area contributed by atoms with Crippen LogP contribution < -0.4 is 0 Å². The van der Waals surface area contributed by atoms with Gasteiger partial charge in [-0.3, -0.25) is 14.4 Å². The van der Waals surface area contributed by atoms with Crippen molar-refractivity contribution in [2.24, 2.45) is 0 Å². The first kappa shape index (κ1) is 57.1. The number of hydrogen-bond acceptors (Lipinski definition) is 6. The van der Waals surface area contributed by atoms with Crippen LogP contribution in [0.3, 0.4) is 0 Å². The number of carbonyl (C=O) groups is 3. The average molecular weight is 839 g/mol. The van der Waals surface area contributed by atoms with Crippen molar-refractivity contribution in [3.05, 3.63) is 60.8 Å². The standard InChI is InChI=1S/C54H94O6/c1-4-7-10-13-16-19-22-25-27-29-32-35-38-41-44-47-53(56)59-50-51(49-58-52(55)46-43-40-37-34-31-24-21-18-15-12-9-6-3)60-54(57)48-45-42-39-36-33-30-28-26-23-20-17-14-11-8-5-2/h7,10,13,16,18-23,51H,4-6,8-9,11-12,14-15,17,24-50H2,1-3H3/b10-7-,16-13-,21-18-,22-19-,23-20-. The van der Waals surface area contributed by atoms with Crippen molar-refractivity contribution in [1.82, 2.24) is 0 Å². The van der Waals surface area contributed by atoms with Crippen molar-refractivity contribution >= 4 is 17.9 Å². The van der Waals surface area contributed by atoms with Gasteiger partial charge < -0.3 is 14.2 Å². The van der Waals surface area contributed by atoms with E-state index in [1.54, 1.807) is 0 Å². The zero-order chi connectivity index (χ0) is 43.7. The highest BCUT2D eigenvalue weighted by molar-refractivity contribution is 5.71. The van der Waals surface area contributed by atoms with Gasteiger partial charge in [0.05, 0.1) is 0 Å². The third kappa shape index (κ3) is 46.2. The van der Waals surface area contributed by atoms with Crippen molar-refractivity contribution in [1.29, 1.82) is 0 Å². The van der Waals surface area contributed by atoms with Crippen LogP contribution in [0.1, 0.15) is 245 Å². The molecule has 6 heteroatoms. The maximum absolute atomic E-state index is 12.8. The molecule has 0 saturated carbocycles. The van der Waals surface area contributed by atoms with Crippen molar-refractivity contribution < 1.29 is 28.6 Å². The Hall–Kier alpha value is -2.89. The molecule has 0 fully saturated rings. The lowest BCUT2D eigenvalue weighted by atomic mass is 10.1. The highest BCUT2D eigenvalue weighted by atomic mass is 16.6. The van der Waals surface area contributed by atoms with Gasteiger partial charge >= 0.3 is 17.9 Å². The maximum Gasteiger partial charge on any atom is 0.306 e. The first-order valence-corrected chi connectivity index (χ1v) is 25.3. The first-order chi connectivity index (χ1) is 29.5. The SMILES string of the molecule is CC\C=C/C=C\C=C/CCCCCCCCCC(=O)OCC(COC(=O)CCCCCCC/C=C\CCCCC)OC(=O)CCCCCCCCC/C=C\CCCCCC. The summed E-state index contributed by atoms with van der Waals surface area (Å²) in [5.74, 6) is -0.907. The fourth-order valence-electron chi connectivity index (χ4n) is 6.96. The molecule has 0 bridgehead atoms. The largest absolute Gasteiger partial charge is 0.462 e. The predicted octanol–water partition coefficient (Wildman–Crippen LogP) is 16.5. The van der Waals surface area contributed by atoms with Crippen LogP contribution in [-0.2, 0) is 28.6 Å². The quantitative estimate of drug-likeness (QED) is 0.0200. The van der Waals surface area contributed by atoms with E-state index in [4.69, 9.17) is 14.2 Å². The van der Waals surface area contributed by atoms with E-state index in [-0.39, 0.29) is 31.1 Å². The van der Waals surface area contributed by atoms with E-state index in [0.717, 1.165) is 77.0 Å². The summed E-state index contributed by atoms with van der Waals surface area (Å²) in [6.45, 7) is 6.45. The molecule has 346 valence electrons. The summed E-state index contributed by atoms with van der Waals surface area (Å²) < 4.78 is 16.8. The van der Waals surface area contributed by atoms with E-state index in [9.17, 15) is 14.4 Å². The van der Waals surface area contributed by atoms with Gasteiger partial charge in [-0.05, 0) is 89.9 Å². The van der Waals surface area contributed by atoms with Crippen molar-refractivity contribution in [2.45, 2.75) is 252 Å². The molecule has 0 aliphatic carbocycles. The Balaban J connectivity index is 4.40. The Bertz CT molecular complexity index is 1100. The van der Waals surface area contributed by atoms with Crippen LogP contribution >= 0.6 is 0 Å². The Labute approximate surface area is 370 Å². The first-order valence-electron chi connectivity index (χ1n) is 25.3. The molecule has 0 aromatic carbocycles. The van der Waals surface area contributed by atoms with E-state index in [0.29, 0.717) is 19.3 Å². The van der Waals surface area contributed by atoms with E-state index in [2.05, 4.69) is 81.5 Å². The number of unbranched alkanes of at least 4 members (excludes halogenated alkanes) is 26. The van der Waals surface area contributed by atoms with Gasteiger partial charge in [-0.25, -0.2) is 0 Å². The lowest BCUT2D eigenvalue weighted by Gasteiger charge is -2.18. The zero-order valence-corrected chi connectivity index (χ0v) is 39.5. The minimum Gasteiger partial charge on any atom is -0.462 e. The number of hydrogen-bond donors (Lipinski definition) is 0. The van der Waals surface area contributed by atoms with Crippen LogP contribution in [0.4, 0.5) is 0 Å². The van der Waals surface area contributed by atoms with Crippen LogP contribution in [-0.4, -0.2) is 37.2 Å². The normalized spacial score (nSPS) is 12.5. The smallest absolute Gasteiger partial charge is 0.306 e. The predicted molar refractivity (Wildman–Crippen MR) is 256 cm³/mol. The Morgan fingerprint density at radius 3 is 1.08 bits per heavy atom. The van der Waals surface area contributed by atoms with Gasteiger partial charge in [-0.2, -0.15) is 0 Å². The highest BCUT2D eigenvalue weighted by Gasteiger charge is 2.19. The van der Waals surface area contributed by atoms with E-state index < -0.39 is 6.10 Å². The van der Waals surface area contributed by atoms with Gasteiger partial charge in [-0.15, -0.1) is 0 Å². The van der Waals surface area contributed by atoms with Gasteiger partial charge in [0.1, 0.15) is 13.2 Å². The van der Waals surface area contributed by atoms with Gasteiger partial charge in [0.15, 0.2) is 6.10 Å². The maximum atomic E-state index is 12.8. The molecule has 0 N–H and O–H groups in total. The van der Waals surface area contributed by atoms with Gasteiger partial charge in [0.25, 0.3) is 0 Å². The second-order valence-corrected chi connectivity index (χ2v) is 16.7. The second-order valence-electron chi connectivity index (χ2n) is 16.7. The summed E-state index contributed by atoms with van der Waals surface area (Å²) in [5, 5.41) is 0. The summed E-state index contributed by atoms with van der Waals surface area (Å²) in [7, 11) is 0. The molecule has 1 unspecified atom stereocenters. The molecular formula is C54H94O6. The average Bonchev–Trinajstić information content (AvgIpc) is 3.24. The molecule has 0 saturated heterocycles. The molecule has 6 nitrogen and oxygen atoms in total. The van der Waals surface area contributed by atoms with Crippen LogP contribution in [0.5, 0.6) is 0 Å². The molecule has 0 aromatic rings. The topological polar surface area (TPSA) is 78.9 Å². The molecule has 0 spiro atoms. The van der Waals surface area contributed by atoms with E-state index in [1.165, 1.54) is 128 Å². The molecular weight excluding hydrogens is 745 g/mol. The Morgan fingerprint density at radius 2 is 0.667 bits per heavy atom. The number of carbonyl (C=O) groups excluding carboxylic acids is 3. The number of esters is 3. The van der Waals surface area contributed by atoms with E-state index in [1.807, 2.05) is 0 Å². The van der Waals surface area contributed by atoms with Crippen molar-refractivity contribution in [2.75, 3.05) is 13.2 Å². The van der Waals surface area contributed by atoms with Crippen LogP contribution in [0.2, 0.25) is 0 Å². The van der Waals surface area contributed by atoms with Gasteiger partial charge in [0, 0.05) is 19.3 Å². The summed E-state index contributed by atoms with van der Waals surface area (Å²) >= 11 is 0. The summed E-state index contributed by atoms with van der Waals surface area (Å²) in [4.78, 5) is 37.9. The molecule has 0 radical (unpaired) electrons. The fourth-order valence-corrected chi connectivity index (χ4v) is 6.96. The van der Waals surface area contributed by atoms with Crippen molar-refractivity contribution in [3.8, 4) is 0 Å². The number of ether oxygens (including phenoxy) is 3. The molecule has 0 heterocycles. The summed E-state index contributed by atoms with van der Waals surface area (Å²) in [6.07, 6.45) is 59.1. The summed E-state index contributed by atoms with van der Waals surface area (Å²) in [5.41, 5.74) is 0.